The van der Waals surface area contributed by atoms with Crippen LogP contribution in [0, 0.1) is 12.3 Å². The van der Waals surface area contributed by atoms with E-state index in [0.29, 0.717) is 26.2 Å². The summed E-state index contributed by atoms with van der Waals surface area (Å²) in [6.45, 7) is 1.46. The van der Waals surface area contributed by atoms with Gasteiger partial charge in [-0.05, 0) is 12.2 Å². The third-order valence-electron chi connectivity index (χ3n) is 2.38. The number of methoxy groups -OCH3 is 1. The summed E-state index contributed by atoms with van der Waals surface area (Å²) in [5.41, 5.74) is 1.01. The smallest absolute Gasteiger partial charge is 0.125 e. The number of hydrogen-bond donors (Lipinski definition) is 0. The van der Waals surface area contributed by atoms with Crippen LogP contribution in [0.25, 0.3) is 5.76 Å². The van der Waals surface area contributed by atoms with Crippen LogP contribution in [0.15, 0.2) is 48.7 Å². The molecule has 106 valence electrons. The van der Waals surface area contributed by atoms with Crippen molar-refractivity contribution in [1.82, 2.24) is 0 Å². The monoisotopic (exact) mass is 272 g/mol. The molecule has 0 spiro atoms. The van der Waals surface area contributed by atoms with E-state index in [2.05, 4.69) is 5.92 Å². The standard InChI is InChI=1S/C17H20O3/c1-3-4-14-20-17(16-9-6-5-7-10-16)11-15-19-13-8-12-18-2/h1,5-11,13H,4,12,14-15H2,2H3/b13-8+,17-11+. The van der Waals surface area contributed by atoms with E-state index in [9.17, 15) is 0 Å². The van der Waals surface area contributed by atoms with E-state index in [0.717, 1.165) is 11.3 Å². The van der Waals surface area contributed by atoms with E-state index >= 15 is 0 Å². The predicted octanol–water partition coefficient (Wildman–Crippen LogP) is 3.24. The van der Waals surface area contributed by atoms with Crippen LogP contribution in [0.3, 0.4) is 0 Å². The molecule has 1 aromatic rings. The summed E-state index contributed by atoms with van der Waals surface area (Å²) in [7, 11) is 1.64. The van der Waals surface area contributed by atoms with Gasteiger partial charge in [0.2, 0.25) is 0 Å². The SMILES string of the molecule is C#CCCO/C(=C/CO/C=C/COC)c1ccccc1. The molecule has 0 aliphatic rings. The Morgan fingerprint density at radius 1 is 1.25 bits per heavy atom. The van der Waals surface area contributed by atoms with Crippen LogP contribution >= 0.6 is 0 Å². The van der Waals surface area contributed by atoms with Crippen molar-refractivity contribution in [2.45, 2.75) is 6.42 Å². The minimum atomic E-state index is 0.431. The number of ether oxygens (including phenoxy) is 3. The van der Waals surface area contributed by atoms with Gasteiger partial charge in [-0.3, -0.25) is 0 Å². The van der Waals surface area contributed by atoms with Crippen LogP contribution in [0.1, 0.15) is 12.0 Å². The number of terminal acetylenes is 1. The molecule has 3 nitrogen and oxygen atoms in total. The summed E-state index contributed by atoms with van der Waals surface area (Å²) in [5.74, 6) is 3.34. The average molecular weight is 272 g/mol. The van der Waals surface area contributed by atoms with Gasteiger partial charge in [-0.25, -0.2) is 0 Å². The lowest BCUT2D eigenvalue weighted by Crippen LogP contribution is -1.96. The van der Waals surface area contributed by atoms with Gasteiger partial charge in [0.15, 0.2) is 0 Å². The van der Waals surface area contributed by atoms with Crippen LogP contribution in [0.4, 0.5) is 0 Å². The molecule has 0 saturated heterocycles. The van der Waals surface area contributed by atoms with Gasteiger partial charge in [-0.1, -0.05) is 30.3 Å². The zero-order chi connectivity index (χ0) is 14.5. The summed E-state index contributed by atoms with van der Waals surface area (Å²) in [5, 5.41) is 0. The highest BCUT2D eigenvalue weighted by Gasteiger charge is 2.01. The predicted molar refractivity (Wildman–Crippen MR) is 80.8 cm³/mol. The second-order valence-electron chi connectivity index (χ2n) is 3.90. The minimum absolute atomic E-state index is 0.431. The van der Waals surface area contributed by atoms with E-state index < -0.39 is 0 Å². The van der Waals surface area contributed by atoms with Crippen LogP contribution in [0.2, 0.25) is 0 Å². The van der Waals surface area contributed by atoms with Crippen LogP contribution in [-0.2, 0) is 14.2 Å². The van der Waals surface area contributed by atoms with Crippen molar-refractivity contribution in [3.05, 3.63) is 54.3 Å². The molecule has 0 radical (unpaired) electrons. The van der Waals surface area contributed by atoms with Crippen molar-refractivity contribution in [2.75, 3.05) is 26.9 Å². The van der Waals surface area contributed by atoms with Gasteiger partial charge in [0.25, 0.3) is 0 Å². The molecule has 0 aliphatic carbocycles. The second-order valence-corrected chi connectivity index (χ2v) is 3.90. The molecule has 0 aromatic heterocycles. The van der Waals surface area contributed by atoms with Gasteiger partial charge in [-0.15, -0.1) is 12.3 Å². The quantitative estimate of drug-likeness (QED) is 0.392. The normalized spacial score (nSPS) is 11.3. The molecular weight excluding hydrogens is 252 g/mol. The Balaban J connectivity index is 2.56. The molecule has 0 unspecified atom stereocenters. The first-order chi connectivity index (χ1) is 9.88. The molecule has 0 aliphatic heterocycles. The maximum atomic E-state index is 5.69. The summed E-state index contributed by atoms with van der Waals surface area (Å²) in [4.78, 5) is 0. The minimum Gasteiger partial charge on any atom is -0.497 e. The first kappa shape index (κ1) is 15.9. The molecule has 0 N–H and O–H groups in total. The summed E-state index contributed by atoms with van der Waals surface area (Å²) in [6.07, 6.45) is 11.1. The zero-order valence-electron chi connectivity index (χ0n) is 11.7. The highest BCUT2D eigenvalue weighted by molar-refractivity contribution is 5.59. The van der Waals surface area contributed by atoms with E-state index in [1.165, 1.54) is 0 Å². The maximum absolute atomic E-state index is 5.69. The van der Waals surface area contributed by atoms with Crippen LogP contribution < -0.4 is 0 Å². The molecule has 0 atom stereocenters. The number of rotatable bonds is 9. The van der Waals surface area contributed by atoms with Crippen molar-refractivity contribution in [1.29, 1.82) is 0 Å². The largest absolute Gasteiger partial charge is 0.497 e. The lowest BCUT2D eigenvalue weighted by atomic mass is 10.2. The molecule has 0 heterocycles. The third-order valence-corrected chi connectivity index (χ3v) is 2.38. The third kappa shape index (κ3) is 6.67. The van der Waals surface area contributed by atoms with Crippen LogP contribution in [0.5, 0.6) is 0 Å². The highest BCUT2D eigenvalue weighted by atomic mass is 16.5. The zero-order valence-corrected chi connectivity index (χ0v) is 11.7. The topological polar surface area (TPSA) is 27.7 Å². The Morgan fingerprint density at radius 3 is 2.75 bits per heavy atom. The van der Waals surface area contributed by atoms with Crippen LogP contribution in [-0.4, -0.2) is 26.9 Å². The fourth-order valence-corrected chi connectivity index (χ4v) is 1.47. The molecule has 0 bridgehead atoms. The first-order valence-electron chi connectivity index (χ1n) is 6.46. The second kappa shape index (κ2) is 10.7. The molecular formula is C17H20O3. The van der Waals surface area contributed by atoms with Crippen molar-refractivity contribution in [2.24, 2.45) is 0 Å². The molecule has 0 amide bonds. The van der Waals surface area contributed by atoms with Gasteiger partial charge >= 0.3 is 0 Å². The van der Waals surface area contributed by atoms with Gasteiger partial charge in [0, 0.05) is 19.1 Å². The fraction of sp³-hybridized carbons (Fsp3) is 0.294. The lowest BCUT2D eigenvalue weighted by molar-refractivity contribution is 0.225. The molecule has 0 saturated carbocycles. The van der Waals surface area contributed by atoms with E-state index in [1.807, 2.05) is 36.4 Å². The van der Waals surface area contributed by atoms with Crippen molar-refractivity contribution < 1.29 is 14.2 Å². The maximum Gasteiger partial charge on any atom is 0.125 e. The number of hydrogen-bond acceptors (Lipinski definition) is 3. The first-order valence-corrected chi connectivity index (χ1v) is 6.46. The Kier molecular flexibility index (Phi) is 8.51. The molecule has 0 fully saturated rings. The summed E-state index contributed by atoms with van der Waals surface area (Å²) in [6, 6.07) is 9.87. The molecule has 1 rings (SSSR count). The van der Waals surface area contributed by atoms with Crippen molar-refractivity contribution in [3.63, 3.8) is 0 Å². The lowest BCUT2D eigenvalue weighted by Gasteiger charge is -2.09. The Hall–Kier alpha value is -2.18. The number of benzene rings is 1. The average Bonchev–Trinajstić information content (AvgIpc) is 2.50. The Morgan fingerprint density at radius 2 is 2.05 bits per heavy atom. The molecule has 1 aromatic carbocycles. The fourth-order valence-electron chi connectivity index (χ4n) is 1.47. The summed E-state index contributed by atoms with van der Waals surface area (Å²) < 4.78 is 15.9. The van der Waals surface area contributed by atoms with Gasteiger partial charge in [-0.2, -0.15) is 0 Å². The Bertz CT molecular complexity index is 455. The van der Waals surface area contributed by atoms with E-state index in [-0.39, 0.29) is 0 Å². The van der Waals surface area contributed by atoms with Gasteiger partial charge in [0.05, 0.1) is 19.5 Å². The van der Waals surface area contributed by atoms with E-state index in [1.54, 1.807) is 19.4 Å². The van der Waals surface area contributed by atoms with Crippen molar-refractivity contribution >= 4 is 5.76 Å². The Labute approximate surface area is 120 Å². The molecule has 20 heavy (non-hydrogen) atoms. The van der Waals surface area contributed by atoms with Gasteiger partial charge in [0.1, 0.15) is 12.4 Å². The molecule has 3 heteroatoms. The van der Waals surface area contributed by atoms with Gasteiger partial charge < -0.3 is 14.2 Å². The summed E-state index contributed by atoms with van der Waals surface area (Å²) >= 11 is 0. The van der Waals surface area contributed by atoms with Crippen molar-refractivity contribution in [3.8, 4) is 12.3 Å². The highest BCUT2D eigenvalue weighted by Crippen LogP contribution is 2.15. The van der Waals surface area contributed by atoms with E-state index in [4.69, 9.17) is 20.6 Å².